The number of hydrogen-bond acceptors (Lipinski definition) is 5. The van der Waals surface area contributed by atoms with Crippen LogP contribution < -0.4 is 0 Å². The molecule has 2 aliphatic heterocycles. The SMILES string of the molecule is COCC1(C(=O)O)CCCN(C(=O)C2CC(=O)N(Cc3ccco3)C2)C1. The Labute approximate surface area is 151 Å². The van der Waals surface area contributed by atoms with Crippen molar-refractivity contribution in [3.8, 4) is 0 Å². The molecule has 142 valence electrons. The first-order chi connectivity index (χ1) is 12.4. The maximum atomic E-state index is 12.9. The fourth-order valence-corrected chi connectivity index (χ4v) is 3.89. The van der Waals surface area contributed by atoms with Gasteiger partial charge in [0.2, 0.25) is 11.8 Å². The zero-order valence-electron chi connectivity index (χ0n) is 14.8. The number of nitrogens with zero attached hydrogens (tertiary/aromatic N) is 2. The average Bonchev–Trinajstić information content (AvgIpc) is 3.25. The van der Waals surface area contributed by atoms with Gasteiger partial charge in [-0.1, -0.05) is 0 Å². The Balaban J connectivity index is 1.65. The van der Waals surface area contributed by atoms with Gasteiger partial charge in [-0.05, 0) is 25.0 Å². The predicted octanol–water partition coefficient (Wildman–Crippen LogP) is 0.968. The van der Waals surface area contributed by atoms with Crippen LogP contribution in [0.1, 0.15) is 25.0 Å². The summed E-state index contributed by atoms with van der Waals surface area (Å²) in [5, 5.41) is 9.62. The highest BCUT2D eigenvalue weighted by atomic mass is 16.5. The summed E-state index contributed by atoms with van der Waals surface area (Å²) in [6.07, 6.45) is 2.79. The van der Waals surface area contributed by atoms with Crippen LogP contribution >= 0.6 is 0 Å². The Morgan fingerprint density at radius 3 is 2.92 bits per heavy atom. The smallest absolute Gasteiger partial charge is 0.313 e. The quantitative estimate of drug-likeness (QED) is 0.807. The fraction of sp³-hybridized carbons (Fsp3) is 0.611. The molecule has 3 heterocycles. The number of aliphatic carboxylic acids is 1. The van der Waals surface area contributed by atoms with E-state index in [0.29, 0.717) is 38.2 Å². The van der Waals surface area contributed by atoms with Gasteiger partial charge in [0.1, 0.15) is 11.2 Å². The predicted molar refractivity (Wildman–Crippen MR) is 90.0 cm³/mol. The number of ether oxygens (including phenoxy) is 1. The van der Waals surface area contributed by atoms with Gasteiger partial charge in [0.05, 0.1) is 25.3 Å². The van der Waals surface area contributed by atoms with Crippen LogP contribution in [0.15, 0.2) is 22.8 Å². The van der Waals surface area contributed by atoms with Gasteiger partial charge >= 0.3 is 5.97 Å². The van der Waals surface area contributed by atoms with Crippen LogP contribution in [0.4, 0.5) is 0 Å². The van der Waals surface area contributed by atoms with E-state index in [-0.39, 0.29) is 31.4 Å². The van der Waals surface area contributed by atoms with Gasteiger partial charge in [-0.3, -0.25) is 14.4 Å². The number of methoxy groups -OCH3 is 1. The molecule has 2 fully saturated rings. The lowest BCUT2D eigenvalue weighted by atomic mass is 9.80. The van der Waals surface area contributed by atoms with Gasteiger partial charge in [-0.2, -0.15) is 0 Å². The molecule has 1 aromatic rings. The summed E-state index contributed by atoms with van der Waals surface area (Å²) in [6.45, 7) is 1.39. The monoisotopic (exact) mass is 364 g/mol. The van der Waals surface area contributed by atoms with Gasteiger partial charge in [-0.25, -0.2) is 0 Å². The van der Waals surface area contributed by atoms with E-state index in [9.17, 15) is 19.5 Å². The molecule has 1 aromatic heterocycles. The summed E-state index contributed by atoms with van der Waals surface area (Å²) in [6, 6.07) is 3.55. The van der Waals surface area contributed by atoms with E-state index in [2.05, 4.69) is 0 Å². The summed E-state index contributed by atoms with van der Waals surface area (Å²) in [7, 11) is 1.47. The third kappa shape index (κ3) is 3.60. The van der Waals surface area contributed by atoms with Gasteiger partial charge in [0, 0.05) is 33.2 Å². The first kappa shape index (κ1) is 18.4. The van der Waals surface area contributed by atoms with Crippen molar-refractivity contribution in [1.29, 1.82) is 0 Å². The van der Waals surface area contributed by atoms with E-state index in [1.54, 1.807) is 28.2 Å². The number of hydrogen-bond donors (Lipinski definition) is 1. The van der Waals surface area contributed by atoms with Crippen LogP contribution in [-0.4, -0.2) is 66.0 Å². The Bertz CT molecular complexity index is 669. The summed E-state index contributed by atoms with van der Waals surface area (Å²) in [5.74, 6) is -0.947. The summed E-state index contributed by atoms with van der Waals surface area (Å²) >= 11 is 0. The van der Waals surface area contributed by atoms with Crippen molar-refractivity contribution in [3.63, 3.8) is 0 Å². The molecule has 0 radical (unpaired) electrons. The molecule has 26 heavy (non-hydrogen) atoms. The number of likely N-dealkylation sites (tertiary alicyclic amines) is 2. The van der Waals surface area contributed by atoms with Crippen molar-refractivity contribution in [2.24, 2.45) is 11.3 Å². The van der Waals surface area contributed by atoms with Crippen LogP contribution in [0.5, 0.6) is 0 Å². The topological polar surface area (TPSA) is 100 Å². The lowest BCUT2D eigenvalue weighted by Crippen LogP contribution is -2.53. The molecule has 0 aliphatic carbocycles. The Morgan fingerprint density at radius 2 is 2.27 bits per heavy atom. The molecule has 0 bridgehead atoms. The van der Waals surface area contributed by atoms with Crippen molar-refractivity contribution in [3.05, 3.63) is 24.2 Å². The molecule has 0 spiro atoms. The molecule has 2 aliphatic rings. The highest BCUT2D eigenvalue weighted by Crippen LogP contribution is 2.33. The zero-order valence-corrected chi connectivity index (χ0v) is 14.8. The first-order valence-corrected chi connectivity index (χ1v) is 8.76. The second-order valence-electron chi connectivity index (χ2n) is 7.14. The summed E-state index contributed by atoms with van der Waals surface area (Å²) < 4.78 is 10.4. The van der Waals surface area contributed by atoms with Gasteiger partial charge in [0.15, 0.2) is 0 Å². The molecular weight excluding hydrogens is 340 g/mol. The molecule has 2 atom stereocenters. The highest BCUT2D eigenvalue weighted by Gasteiger charge is 2.46. The van der Waals surface area contributed by atoms with Crippen molar-refractivity contribution in [2.75, 3.05) is 33.4 Å². The van der Waals surface area contributed by atoms with Crippen LogP contribution in [0.25, 0.3) is 0 Å². The van der Waals surface area contributed by atoms with Crippen molar-refractivity contribution in [1.82, 2.24) is 9.80 Å². The third-order valence-electron chi connectivity index (χ3n) is 5.25. The number of amides is 2. The molecule has 0 aromatic carbocycles. The molecule has 3 rings (SSSR count). The number of carbonyl (C=O) groups excluding carboxylic acids is 2. The molecule has 2 unspecified atom stereocenters. The minimum atomic E-state index is -1.07. The maximum Gasteiger partial charge on any atom is 0.313 e. The van der Waals surface area contributed by atoms with Crippen molar-refractivity contribution in [2.45, 2.75) is 25.8 Å². The number of carboxylic acid groups (broad SMARTS) is 1. The molecule has 2 saturated heterocycles. The van der Waals surface area contributed by atoms with Gasteiger partial charge in [0.25, 0.3) is 0 Å². The van der Waals surface area contributed by atoms with E-state index in [4.69, 9.17) is 9.15 Å². The zero-order chi connectivity index (χ0) is 18.7. The molecule has 8 heteroatoms. The maximum absolute atomic E-state index is 12.9. The Kier molecular flexibility index (Phi) is 5.31. The van der Waals surface area contributed by atoms with Gasteiger partial charge in [-0.15, -0.1) is 0 Å². The molecule has 8 nitrogen and oxygen atoms in total. The standard InChI is InChI=1S/C18H24N2O6/c1-25-12-18(17(23)24)5-3-6-19(11-18)16(22)13-8-15(21)20(9-13)10-14-4-2-7-26-14/h2,4,7,13H,3,5-6,8-12H2,1H3,(H,23,24). The fourth-order valence-electron chi connectivity index (χ4n) is 3.89. The van der Waals surface area contributed by atoms with E-state index in [1.807, 2.05) is 0 Å². The molecule has 1 N–H and O–H groups in total. The minimum Gasteiger partial charge on any atom is -0.481 e. The van der Waals surface area contributed by atoms with Gasteiger partial charge < -0.3 is 24.1 Å². The summed E-state index contributed by atoms with van der Waals surface area (Å²) in [5.41, 5.74) is -1.07. The average molecular weight is 364 g/mol. The molecular formula is C18H24N2O6. The van der Waals surface area contributed by atoms with E-state index >= 15 is 0 Å². The van der Waals surface area contributed by atoms with Crippen LogP contribution in [0, 0.1) is 11.3 Å². The lowest BCUT2D eigenvalue weighted by Gasteiger charge is -2.40. The van der Waals surface area contributed by atoms with E-state index in [1.165, 1.54) is 7.11 Å². The van der Waals surface area contributed by atoms with E-state index < -0.39 is 17.3 Å². The van der Waals surface area contributed by atoms with Crippen LogP contribution in [-0.2, 0) is 25.7 Å². The highest BCUT2D eigenvalue weighted by molar-refractivity contribution is 5.89. The first-order valence-electron chi connectivity index (χ1n) is 8.76. The van der Waals surface area contributed by atoms with Crippen molar-refractivity contribution < 1.29 is 28.6 Å². The number of furan rings is 1. The van der Waals surface area contributed by atoms with E-state index in [0.717, 1.165) is 0 Å². The second-order valence-corrected chi connectivity index (χ2v) is 7.14. The number of piperidine rings is 1. The second kappa shape index (κ2) is 7.49. The Hall–Kier alpha value is -2.35. The Morgan fingerprint density at radius 1 is 1.46 bits per heavy atom. The summed E-state index contributed by atoms with van der Waals surface area (Å²) in [4.78, 5) is 40.1. The van der Waals surface area contributed by atoms with Crippen LogP contribution in [0.3, 0.4) is 0 Å². The number of carboxylic acids is 1. The number of rotatable bonds is 6. The third-order valence-corrected chi connectivity index (χ3v) is 5.25. The normalized spacial score (nSPS) is 26.3. The minimum absolute atomic E-state index is 0.0698. The lowest BCUT2D eigenvalue weighted by molar-refractivity contribution is -0.160. The number of carbonyl (C=O) groups is 3. The molecule has 0 saturated carbocycles. The van der Waals surface area contributed by atoms with Crippen molar-refractivity contribution >= 4 is 17.8 Å². The largest absolute Gasteiger partial charge is 0.481 e. The molecule has 2 amide bonds. The van der Waals surface area contributed by atoms with Crippen LogP contribution in [0.2, 0.25) is 0 Å².